The molecule has 2 heterocycles. The van der Waals surface area contributed by atoms with Gasteiger partial charge in [0.15, 0.2) is 0 Å². The summed E-state index contributed by atoms with van der Waals surface area (Å²) in [7, 11) is 0. The molecule has 0 spiro atoms. The van der Waals surface area contributed by atoms with Crippen LogP contribution >= 0.6 is 0 Å². The average Bonchev–Trinajstić information content (AvgIpc) is 3.05. The third-order valence-corrected chi connectivity index (χ3v) is 4.50. The molecule has 142 valence electrons. The van der Waals surface area contributed by atoms with Crippen molar-refractivity contribution in [2.45, 2.75) is 40.0 Å². The molecule has 2 aromatic heterocycles. The molecule has 0 aliphatic carbocycles. The van der Waals surface area contributed by atoms with E-state index < -0.39 is 12.0 Å². The van der Waals surface area contributed by atoms with E-state index in [0.717, 1.165) is 28.2 Å². The topological polar surface area (TPSA) is 75.9 Å². The molecule has 1 atom stereocenters. The molecule has 6 nitrogen and oxygen atoms in total. The van der Waals surface area contributed by atoms with Crippen molar-refractivity contribution in [2.24, 2.45) is 5.92 Å². The molecule has 0 saturated carbocycles. The van der Waals surface area contributed by atoms with Crippen molar-refractivity contribution in [3.63, 3.8) is 0 Å². The first-order valence-electron chi connectivity index (χ1n) is 9.05. The van der Waals surface area contributed by atoms with Crippen molar-refractivity contribution in [3.8, 4) is 5.75 Å². The third kappa shape index (κ3) is 4.65. The Labute approximate surface area is 158 Å². The van der Waals surface area contributed by atoms with Gasteiger partial charge in [0.1, 0.15) is 24.0 Å². The SMILES string of the molecule is Cc1cccn2cc(COc3ccc(CN[C@@H](C(=O)O)C(C)C)cc3)nc12. The van der Waals surface area contributed by atoms with Crippen molar-refractivity contribution in [1.82, 2.24) is 14.7 Å². The standard InChI is InChI=1S/C21H25N3O3/c1-14(2)19(21(25)26)22-11-16-6-8-18(9-7-16)27-13-17-12-24-10-4-5-15(3)20(24)23-17/h4-10,12,14,19,22H,11,13H2,1-3H3,(H,25,26)/t19-/m1/s1. The van der Waals surface area contributed by atoms with E-state index in [1.54, 1.807) is 0 Å². The predicted octanol–water partition coefficient (Wildman–Crippen LogP) is 3.42. The first-order valence-corrected chi connectivity index (χ1v) is 9.05. The number of nitrogens with zero attached hydrogens (tertiary/aromatic N) is 2. The van der Waals surface area contributed by atoms with E-state index in [9.17, 15) is 9.90 Å². The average molecular weight is 367 g/mol. The molecule has 0 amide bonds. The number of benzene rings is 1. The molecule has 27 heavy (non-hydrogen) atoms. The van der Waals surface area contributed by atoms with Crippen LogP contribution in [0.3, 0.4) is 0 Å². The summed E-state index contributed by atoms with van der Waals surface area (Å²) in [5.41, 5.74) is 3.95. The summed E-state index contributed by atoms with van der Waals surface area (Å²) < 4.78 is 7.82. The molecule has 0 bridgehead atoms. The number of carboxylic acid groups (broad SMARTS) is 1. The summed E-state index contributed by atoms with van der Waals surface area (Å²) in [5, 5.41) is 12.3. The van der Waals surface area contributed by atoms with Crippen molar-refractivity contribution in [2.75, 3.05) is 0 Å². The van der Waals surface area contributed by atoms with Gasteiger partial charge in [-0.3, -0.25) is 4.79 Å². The molecule has 0 aliphatic heterocycles. The van der Waals surface area contributed by atoms with E-state index in [0.29, 0.717) is 13.2 Å². The number of rotatable bonds is 8. The van der Waals surface area contributed by atoms with Gasteiger partial charge < -0.3 is 19.6 Å². The van der Waals surface area contributed by atoms with E-state index in [4.69, 9.17) is 4.74 Å². The Morgan fingerprint density at radius 2 is 2.00 bits per heavy atom. The molecular formula is C21H25N3O3. The largest absolute Gasteiger partial charge is 0.487 e. The number of aryl methyl sites for hydroxylation is 1. The summed E-state index contributed by atoms with van der Waals surface area (Å²) >= 11 is 0. The molecule has 0 aliphatic rings. The van der Waals surface area contributed by atoms with E-state index in [2.05, 4.69) is 10.3 Å². The number of pyridine rings is 1. The van der Waals surface area contributed by atoms with Gasteiger partial charge in [-0.05, 0) is 42.2 Å². The third-order valence-electron chi connectivity index (χ3n) is 4.50. The van der Waals surface area contributed by atoms with Gasteiger partial charge in [0.25, 0.3) is 0 Å². The maximum Gasteiger partial charge on any atom is 0.320 e. The normalized spacial score (nSPS) is 12.4. The molecule has 0 fully saturated rings. The summed E-state index contributed by atoms with van der Waals surface area (Å²) in [4.78, 5) is 15.8. The van der Waals surface area contributed by atoms with E-state index >= 15 is 0 Å². The summed E-state index contributed by atoms with van der Waals surface area (Å²) in [6.45, 7) is 6.72. The number of fused-ring (bicyclic) bond motifs is 1. The van der Waals surface area contributed by atoms with Crippen molar-refractivity contribution in [1.29, 1.82) is 0 Å². The van der Waals surface area contributed by atoms with Crippen LogP contribution in [-0.2, 0) is 17.9 Å². The second-order valence-electron chi connectivity index (χ2n) is 7.03. The van der Waals surface area contributed by atoms with Gasteiger partial charge >= 0.3 is 5.97 Å². The predicted molar refractivity (Wildman–Crippen MR) is 104 cm³/mol. The number of hydrogen-bond donors (Lipinski definition) is 2. The zero-order valence-corrected chi connectivity index (χ0v) is 15.8. The van der Waals surface area contributed by atoms with Crippen LogP contribution in [0.15, 0.2) is 48.8 Å². The quantitative estimate of drug-likeness (QED) is 0.638. The number of nitrogens with one attached hydrogen (secondary N) is 1. The lowest BCUT2D eigenvalue weighted by molar-refractivity contribution is -0.140. The van der Waals surface area contributed by atoms with Crippen LogP contribution < -0.4 is 10.1 Å². The van der Waals surface area contributed by atoms with Gasteiger partial charge in [-0.2, -0.15) is 0 Å². The van der Waals surface area contributed by atoms with Gasteiger partial charge in [0.05, 0.1) is 5.69 Å². The Morgan fingerprint density at radius 1 is 1.26 bits per heavy atom. The highest BCUT2D eigenvalue weighted by atomic mass is 16.5. The Bertz CT molecular complexity index is 916. The molecule has 0 radical (unpaired) electrons. The van der Waals surface area contributed by atoms with E-state index in [1.165, 1.54) is 0 Å². The highest BCUT2D eigenvalue weighted by molar-refractivity contribution is 5.73. The van der Waals surface area contributed by atoms with Crippen LogP contribution in [0.2, 0.25) is 0 Å². The summed E-state index contributed by atoms with van der Waals surface area (Å²) in [6.07, 6.45) is 3.95. The Balaban J connectivity index is 1.57. The minimum absolute atomic E-state index is 0.0270. The fourth-order valence-electron chi connectivity index (χ4n) is 2.97. The van der Waals surface area contributed by atoms with Crippen LogP contribution in [0.25, 0.3) is 5.65 Å². The van der Waals surface area contributed by atoms with Crippen molar-refractivity contribution in [3.05, 3.63) is 65.6 Å². The fraction of sp³-hybridized carbons (Fsp3) is 0.333. The minimum atomic E-state index is -0.826. The highest BCUT2D eigenvalue weighted by Crippen LogP contribution is 2.16. The number of ether oxygens (including phenoxy) is 1. The minimum Gasteiger partial charge on any atom is -0.487 e. The summed E-state index contributed by atoms with van der Waals surface area (Å²) in [6, 6.07) is 11.1. The Hall–Kier alpha value is -2.86. The summed E-state index contributed by atoms with van der Waals surface area (Å²) in [5.74, 6) is -0.0435. The van der Waals surface area contributed by atoms with Crippen LogP contribution in [0, 0.1) is 12.8 Å². The second kappa shape index (κ2) is 8.22. The van der Waals surface area contributed by atoms with Crippen LogP contribution in [0.5, 0.6) is 5.75 Å². The number of hydrogen-bond acceptors (Lipinski definition) is 4. The van der Waals surface area contributed by atoms with Gasteiger partial charge in [-0.25, -0.2) is 4.98 Å². The molecule has 6 heteroatoms. The first kappa shape index (κ1) is 18.9. The second-order valence-corrected chi connectivity index (χ2v) is 7.03. The zero-order valence-electron chi connectivity index (χ0n) is 15.8. The van der Waals surface area contributed by atoms with Gasteiger partial charge in [-0.1, -0.05) is 32.0 Å². The van der Waals surface area contributed by atoms with Crippen LogP contribution in [0.1, 0.15) is 30.7 Å². The van der Waals surface area contributed by atoms with Crippen molar-refractivity contribution < 1.29 is 14.6 Å². The number of carboxylic acids is 1. The maximum atomic E-state index is 11.2. The van der Waals surface area contributed by atoms with Gasteiger partial charge in [0.2, 0.25) is 0 Å². The first-order chi connectivity index (χ1) is 12.9. The Kier molecular flexibility index (Phi) is 5.76. The molecule has 3 rings (SSSR count). The maximum absolute atomic E-state index is 11.2. The van der Waals surface area contributed by atoms with Gasteiger partial charge in [-0.15, -0.1) is 0 Å². The van der Waals surface area contributed by atoms with Crippen LogP contribution in [0.4, 0.5) is 0 Å². The number of aromatic nitrogens is 2. The molecule has 2 N–H and O–H groups in total. The number of carbonyl (C=O) groups is 1. The lowest BCUT2D eigenvalue weighted by Gasteiger charge is -2.18. The highest BCUT2D eigenvalue weighted by Gasteiger charge is 2.20. The number of aliphatic carboxylic acids is 1. The zero-order chi connectivity index (χ0) is 19.4. The smallest absolute Gasteiger partial charge is 0.320 e. The van der Waals surface area contributed by atoms with Gasteiger partial charge in [0, 0.05) is 18.9 Å². The molecular weight excluding hydrogens is 342 g/mol. The molecule has 0 saturated heterocycles. The molecule has 3 aromatic rings. The Morgan fingerprint density at radius 3 is 2.63 bits per heavy atom. The molecule has 0 unspecified atom stereocenters. The fourth-order valence-corrected chi connectivity index (χ4v) is 2.97. The monoisotopic (exact) mass is 367 g/mol. The van der Waals surface area contributed by atoms with Crippen molar-refractivity contribution >= 4 is 11.6 Å². The van der Waals surface area contributed by atoms with E-state index in [-0.39, 0.29) is 5.92 Å². The lowest BCUT2D eigenvalue weighted by atomic mass is 10.0. The van der Waals surface area contributed by atoms with E-state index in [1.807, 2.05) is 74.0 Å². The van der Waals surface area contributed by atoms with Crippen LogP contribution in [-0.4, -0.2) is 26.5 Å². The molecule has 1 aromatic carbocycles. The lowest BCUT2D eigenvalue weighted by Crippen LogP contribution is -2.40. The number of imidazole rings is 1.